The molecule has 0 spiro atoms. The molecule has 0 saturated heterocycles. The monoisotopic (exact) mass is 560 g/mol. The first-order valence-electron chi connectivity index (χ1n) is 9.99. The van der Waals surface area contributed by atoms with Crippen molar-refractivity contribution in [3.05, 3.63) is 97.3 Å². The van der Waals surface area contributed by atoms with E-state index in [1.54, 1.807) is 24.3 Å². The Bertz CT molecular complexity index is 1450. The quantitative estimate of drug-likeness (QED) is 0.138. The fourth-order valence-electron chi connectivity index (χ4n) is 3.38. The van der Waals surface area contributed by atoms with Gasteiger partial charge >= 0.3 is 0 Å². The van der Waals surface area contributed by atoms with Crippen LogP contribution in [0.3, 0.4) is 0 Å². The van der Waals surface area contributed by atoms with Crippen molar-refractivity contribution in [3.8, 4) is 5.75 Å². The first-order chi connectivity index (χ1) is 17.0. The summed E-state index contributed by atoms with van der Waals surface area (Å²) in [7, 11) is 0. The number of nitrogens with zero attached hydrogens (tertiary/aromatic N) is 2. The molecule has 0 N–H and O–H groups in total. The molecule has 0 radical (unpaired) electrons. The van der Waals surface area contributed by atoms with E-state index in [1.807, 2.05) is 0 Å². The first kappa shape index (κ1) is 25.9. The third kappa shape index (κ3) is 4.66. The van der Waals surface area contributed by atoms with E-state index in [0.29, 0.717) is 10.6 Å². The normalized spacial score (nSPS) is 14.6. The highest BCUT2D eigenvalue weighted by Gasteiger charge is 2.37. The number of carbonyl (C=O) groups excluding carboxylic acids is 1. The van der Waals surface area contributed by atoms with Crippen LogP contribution in [0.1, 0.15) is 18.1 Å². The number of amides is 1. The average Bonchev–Trinajstić information content (AvgIpc) is 3.10. The molecule has 3 aromatic carbocycles. The minimum atomic E-state index is -2.36. The highest BCUT2D eigenvalue weighted by Crippen LogP contribution is 2.37. The Hall–Kier alpha value is -3.14. The number of carbonyl (C=O) groups is 1. The largest absolute Gasteiger partial charge is 0.487 e. The molecule has 4 nitrogen and oxygen atoms in total. The van der Waals surface area contributed by atoms with E-state index in [0.717, 1.165) is 0 Å². The molecule has 0 atom stereocenters. The van der Waals surface area contributed by atoms with Crippen LogP contribution in [0.25, 0.3) is 6.08 Å². The lowest BCUT2D eigenvalue weighted by Crippen LogP contribution is -2.25. The Morgan fingerprint density at radius 3 is 2.17 bits per heavy atom. The lowest BCUT2D eigenvalue weighted by atomic mass is 10.1. The predicted octanol–water partition coefficient (Wildman–Crippen LogP) is 7.73. The van der Waals surface area contributed by atoms with Crippen LogP contribution in [0, 0.1) is 29.1 Å². The molecule has 4 rings (SSSR count). The number of hydrogen-bond donors (Lipinski definition) is 0. The highest BCUT2D eigenvalue weighted by molar-refractivity contribution is 6.36. The van der Waals surface area contributed by atoms with Crippen molar-refractivity contribution in [2.75, 3.05) is 5.01 Å². The van der Waals surface area contributed by atoms with E-state index in [-0.39, 0.29) is 44.3 Å². The molecular weight excluding hydrogens is 550 g/mol. The van der Waals surface area contributed by atoms with Gasteiger partial charge in [0.25, 0.3) is 5.91 Å². The number of hydrogen-bond acceptors (Lipinski definition) is 3. The highest BCUT2D eigenvalue weighted by atomic mass is 35.5. The molecule has 36 heavy (non-hydrogen) atoms. The second-order valence-corrected chi connectivity index (χ2v) is 8.72. The van der Waals surface area contributed by atoms with Crippen molar-refractivity contribution in [2.24, 2.45) is 5.10 Å². The molecule has 0 bridgehead atoms. The zero-order valence-corrected chi connectivity index (χ0v) is 20.3. The van der Waals surface area contributed by atoms with Gasteiger partial charge in [-0.1, -0.05) is 53.0 Å². The van der Waals surface area contributed by atoms with Crippen molar-refractivity contribution in [3.63, 3.8) is 0 Å². The van der Waals surface area contributed by atoms with Gasteiger partial charge < -0.3 is 4.74 Å². The maximum absolute atomic E-state index is 14.3. The van der Waals surface area contributed by atoms with Gasteiger partial charge in [0.2, 0.25) is 5.82 Å². The van der Waals surface area contributed by atoms with Gasteiger partial charge in [0.15, 0.2) is 23.3 Å². The van der Waals surface area contributed by atoms with Crippen LogP contribution >= 0.6 is 34.8 Å². The maximum Gasteiger partial charge on any atom is 0.280 e. The van der Waals surface area contributed by atoms with E-state index in [2.05, 4.69) is 5.10 Å². The fourth-order valence-corrected chi connectivity index (χ4v) is 4.13. The SMILES string of the molecule is CC1=NN(c2c(F)c(F)c(F)c(F)c2F)C(=O)/C1=C\c1cc(Cl)cc(Cl)c1OCc1ccccc1Cl. The Kier molecular flexibility index (Phi) is 7.26. The molecular formula is C24H12Cl3F5N2O2. The van der Waals surface area contributed by atoms with E-state index in [4.69, 9.17) is 39.5 Å². The standard InChI is InChI=1S/C24H12Cl3F5N2O2/c1-10-14(24(35)34(33-10)22-20(31)18(29)17(28)19(30)21(22)32)7-12-6-13(25)8-16(27)23(12)36-9-11-4-2-3-5-15(11)26/h2-8H,9H2,1H3/b14-7-. The summed E-state index contributed by atoms with van der Waals surface area (Å²) in [5.74, 6) is -12.2. The summed E-state index contributed by atoms with van der Waals surface area (Å²) in [5.41, 5.74) is -0.969. The minimum absolute atomic E-state index is 0.00506. The zero-order valence-electron chi connectivity index (χ0n) is 18.0. The van der Waals surface area contributed by atoms with Crippen LogP contribution in [0.15, 0.2) is 47.1 Å². The van der Waals surface area contributed by atoms with E-state index >= 15 is 0 Å². The summed E-state index contributed by atoms with van der Waals surface area (Å²) in [4.78, 5) is 13.0. The summed E-state index contributed by atoms with van der Waals surface area (Å²) >= 11 is 18.6. The molecule has 1 heterocycles. The smallest absolute Gasteiger partial charge is 0.280 e. The summed E-state index contributed by atoms with van der Waals surface area (Å²) in [6.07, 6.45) is 1.23. The van der Waals surface area contributed by atoms with Gasteiger partial charge in [0.1, 0.15) is 18.0 Å². The van der Waals surface area contributed by atoms with E-state index in [1.165, 1.54) is 25.1 Å². The molecule has 1 amide bonds. The number of rotatable bonds is 5. The van der Waals surface area contributed by atoms with E-state index in [9.17, 15) is 26.7 Å². The first-order valence-corrected chi connectivity index (χ1v) is 11.1. The van der Waals surface area contributed by atoms with Crippen LogP contribution in [0.5, 0.6) is 5.75 Å². The number of halogens is 8. The number of benzene rings is 3. The van der Waals surface area contributed by atoms with Gasteiger partial charge in [0, 0.05) is 21.2 Å². The van der Waals surface area contributed by atoms with Gasteiger partial charge in [-0.25, -0.2) is 22.0 Å². The van der Waals surface area contributed by atoms with Crippen molar-refractivity contribution >= 4 is 58.2 Å². The van der Waals surface area contributed by atoms with Gasteiger partial charge in [-0.3, -0.25) is 4.79 Å². The van der Waals surface area contributed by atoms with Crippen molar-refractivity contribution in [1.29, 1.82) is 0 Å². The minimum Gasteiger partial charge on any atom is -0.487 e. The number of hydrazone groups is 1. The van der Waals surface area contributed by atoms with Crippen LogP contribution in [-0.2, 0) is 11.4 Å². The van der Waals surface area contributed by atoms with Crippen molar-refractivity contribution < 1.29 is 31.5 Å². The summed E-state index contributed by atoms with van der Waals surface area (Å²) in [6.45, 7) is 1.31. The third-order valence-corrected chi connectivity index (χ3v) is 6.00. The molecule has 0 fully saturated rings. The van der Waals surface area contributed by atoms with Gasteiger partial charge in [0.05, 0.1) is 16.3 Å². The fraction of sp³-hybridized carbons (Fsp3) is 0.0833. The molecule has 12 heteroatoms. The van der Waals surface area contributed by atoms with Crippen LogP contribution < -0.4 is 9.75 Å². The summed E-state index contributed by atoms with van der Waals surface area (Å²) in [5, 5.41) is 4.50. The lowest BCUT2D eigenvalue weighted by molar-refractivity contribution is -0.114. The summed E-state index contributed by atoms with van der Waals surface area (Å²) < 4.78 is 75.3. The molecule has 0 unspecified atom stereocenters. The Morgan fingerprint density at radius 1 is 0.917 bits per heavy atom. The predicted molar refractivity (Wildman–Crippen MR) is 127 cm³/mol. The van der Waals surface area contributed by atoms with Gasteiger partial charge in [-0.2, -0.15) is 10.1 Å². The van der Waals surface area contributed by atoms with Crippen molar-refractivity contribution in [1.82, 2.24) is 0 Å². The van der Waals surface area contributed by atoms with E-state index < -0.39 is 40.7 Å². The molecule has 0 aliphatic carbocycles. The third-order valence-electron chi connectivity index (χ3n) is 5.13. The number of ether oxygens (including phenoxy) is 1. The molecule has 0 aromatic heterocycles. The number of anilines is 1. The summed E-state index contributed by atoms with van der Waals surface area (Å²) in [6, 6.07) is 9.68. The molecule has 186 valence electrons. The van der Waals surface area contributed by atoms with Crippen molar-refractivity contribution in [2.45, 2.75) is 13.5 Å². The van der Waals surface area contributed by atoms with Gasteiger partial charge in [-0.15, -0.1) is 0 Å². The maximum atomic E-state index is 14.3. The Morgan fingerprint density at radius 2 is 1.53 bits per heavy atom. The second kappa shape index (κ2) is 10.1. The Labute approximate surface area is 216 Å². The Balaban J connectivity index is 1.74. The van der Waals surface area contributed by atoms with Crippen LogP contribution in [0.4, 0.5) is 27.6 Å². The molecule has 1 aliphatic heterocycles. The molecule has 3 aromatic rings. The topological polar surface area (TPSA) is 41.9 Å². The molecule has 0 saturated carbocycles. The van der Waals surface area contributed by atoms with Gasteiger partial charge in [-0.05, 0) is 31.2 Å². The van der Waals surface area contributed by atoms with Crippen LogP contribution in [0.2, 0.25) is 15.1 Å². The van der Waals surface area contributed by atoms with Crippen LogP contribution in [-0.4, -0.2) is 11.6 Å². The zero-order chi connectivity index (χ0) is 26.3. The average molecular weight is 562 g/mol. The second-order valence-electron chi connectivity index (χ2n) is 7.46. The molecule has 1 aliphatic rings. The lowest BCUT2D eigenvalue weighted by Gasteiger charge is -2.15.